The Morgan fingerprint density at radius 3 is 2.44 bits per heavy atom. The second-order valence-electron chi connectivity index (χ2n) is 5.63. The van der Waals surface area contributed by atoms with Crippen LogP contribution in [0.3, 0.4) is 0 Å². The molecule has 0 fully saturated rings. The molecule has 0 atom stereocenters. The van der Waals surface area contributed by atoms with E-state index >= 15 is 0 Å². The Bertz CT molecular complexity index is 942. The van der Waals surface area contributed by atoms with E-state index in [1.165, 1.54) is 12.3 Å². The minimum atomic E-state index is -0.420. The number of anilines is 2. The Hall–Kier alpha value is -3.67. The average molecular weight is 361 g/mol. The molecule has 2 amide bonds. The van der Waals surface area contributed by atoms with Crippen molar-refractivity contribution in [3.8, 4) is 5.75 Å². The van der Waals surface area contributed by atoms with E-state index in [2.05, 4.69) is 15.6 Å². The van der Waals surface area contributed by atoms with E-state index in [0.29, 0.717) is 29.3 Å². The Morgan fingerprint density at radius 2 is 1.67 bits per heavy atom. The summed E-state index contributed by atoms with van der Waals surface area (Å²) in [7, 11) is 0. The second-order valence-corrected chi connectivity index (χ2v) is 5.63. The van der Waals surface area contributed by atoms with Crippen LogP contribution in [0.25, 0.3) is 0 Å². The number of hydrogen-bond donors (Lipinski definition) is 2. The van der Waals surface area contributed by atoms with Crippen LogP contribution in [0.15, 0.2) is 72.9 Å². The highest BCUT2D eigenvalue weighted by molar-refractivity contribution is 6.08. The molecule has 1 heterocycles. The van der Waals surface area contributed by atoms with E-state index in [4.69, 9.17) is 4.74 Å². The Kier molecular flexibility index (Phi) is 5.79. The van der Waals surface area contributed by atoms with Gasteiger partial charge in [0.05, 0.1) is 12.3 Å². The van der Waals surface area contributed by atoms with Crippen molar-refractivity contribution in [3.05, 3.63) is 84.2 Å². The van der Waals surface area contributed by atoms with Crippen molar-refractivity contribution in [1.82, 2.24) is 4.98 Å². The van der Waals surface area contributed by atoms with Gasteiger partial charge in [0.25, 0.3) is 11.8 Å². The fourth-order valence-electron chi connectivity index (χ4n) is 2.46. The fourth-order valence-corrected chi connectivity index (χ4v) is 2.46. The molecule has 0 radical (unpaired) electrons. The summed E-state index contributed by atoms with van der Waals surface area (Å²) < 4.78 is 5.50. The van der Waals surface area contributed by atoms with Crippen molar-refractivity contribution in [2.24, 2.45) is 0 Å². The highest BCUT2D eigenvalue weighted by Gasteiger charge is 2.14. The van der Waals surface area contributed by atoms with Crippen molar-refractivity contribution in [2.45, 2.75) is 6.92 Å². The van der Waals surface area contributed by atoms with Gasteiger partial charge in [0, 0.05) is 17.4 Å². The largest absolute Gasteiger partial charge is 0.492 e. The highest BCUT2D eigenvalue weighted by atomic mass is 16.5. The molecule has 136 valence electrons. The van der Waals surface area contributed by atoms with Gasteiger partial charge in [0.2, 0.25) is 0 Å². The van der Waals surface area contributed by atoms with E-state index in [1.54, 1.807) is 36.4 Å². The summed E-state index contributed by atoms with van der Waals surface area (Å²) >= 11 is 0. The molecule has 3 aromatic rings. The van der Waals surface area contributed by atoms with Gasteiger partial charge in [-0.05, 0) is 43.3 Å². The van der Waals surface area contributed by atoms with Crippen LogP contribution in [0.2, 0.25) is 0 Å². The molecule has 27 heavy (non-hydrogen) atoms. The molecular formula is C21H19N3O3. The van der Waals surface area contributed by atoms with E-state index in [-0.39, 0.29) is 11.6 Å². The quantitative estimate of drug-likeness (QED) is 0.696. The minimum Gasteiger partial charge on any atom is -0.492 e. The van der Waals surface area contributed by atoms with Crippen molar-refractivity contribution in [2.75, 3.05) is 17.2 Å². The van der Waals surface area contributed by atoms with Crippen LogP contribution in [0.5, 0.6) is 5.75 Å². The summed E-state index contributed by atoms with van der Waals surface area (Å²) in [5.41, 5.74) is 1.71. The molecule has 0 saturated heterocycles. The zero-order valence-corrected chi connectivity index (χ0v) is 14.8. The van der Waals surface area contributed by atoms with Gasteiger partial charge in [-0.25, -0.2) is 0 Å². The number of pyridine rings is 1. The number of hydrogen-bond acceptors (Lipinski definition) is 4. The number of amides is 2. The highest BCUT2D eigenvalue weighted by Crippen LogP contribution is 2.24. The molecule has 1 aromatic heterocycles. The summed E-state index contributed by atoms with van der Waals surface area (Å²) in [6.45, 7) is 2.36. The van der Waals surface area contributed by atoms with Crippen LogP contribution in [-0.4, -0.2) is 23.4 Å². The standard InChI is InChI=1S/C21H19N3O3/c1-2-27-19-11-7-6-10-17(19)24-21(26)18-14-15(12-13-22-18)20(25)23-16-8-4-3-5-9-16/h3-14H,2H2,1H3,(H,23,25)(H,24,26). The number of aromatic nitrogens is 1. The number of para-hydroxylation sites is 3. The van der Waals surface area contributed by atoms with Gasteiger partial charge in [-0.2, -0.15) is 0 Å². The summed E-state index contributed by atoms with van der Waals surface area (Å²) in [4.78, 5) is 29.0. The molecule has 6 nitrogen and oxygen atoms in total. The number of rotatable bonds is 6. The van der Waals surface area contributed by atoms with E-state index < -0.39 is 5.91 Å². The van der Waals surface area contributed by atoms with Crippen molar-refractivity contribution in [1.29, 1.82) is 0 Å². The molecule has 0 bridgehead atoms. The number of carbonyl (C=O) groups is 2. The van der Waals surface area contributed by atoms with Crippen LogP contribution in [0, 0.1) is 0 Å². The number of nitrogens with one attached hydrogen (secondary N) is 2. The second kappa shape index (κ2) is 8.62. The molecule has 3 rings (SSSR count). The number of carbonyl (C=O) groups excluding carboxylic acids is 2. The maximum Gasteiger partial charge on any atom is 0.274 e. The van der Waals surface area contributed by atoms with E-state index in [0.717, 1.165) is 0 Å². The normalized spacial score (nSPS) is 10.1. The van der Waals surface area contributed by atoms with Gasteiger partial charge in [-0.1, -0.05) is 30.3 Å². The first-order chi connectivity index (χ1) is 13.2. The first-order valence-corrected chi connectivity index (χ1v) is 8.53. The van der Waals surface area contributed by atoms with Crippen molar-refractivity contribution in [3.63, 3.8) is 0 Å². The molecule has 0 unspecified atom stereocenters. The lowest BCUT2D eigenvalue weighted by atomic mass is 10.2. The van der Waals surface area contributed by atoms with E-state index in [9.17, 15) is 9.59 Å². The maximum atomic E-state index is 12.5. The van der Waals surface area contributed by atoms with Crippen molar-refractivity contribution < 1.29 is 14.3 Å². The number of nitrogens with zero attached hydrogens (tertiary/aromatic N) is 1. The Morgan fingerprint density at radius 1 is 0.926 bits per heavy atom. The molecule has 0 aliphatic heterocycles. The predicted octanol–water partition coefficient (Wildman–Crippen LogP) is 3.98. The van der Waals surface area contributed by atoms with Crippen LogP contribution < -0.4 is 15.4 Å². The lowest BCUT2D eigenvalue weighted by Gasteiger charge is -2.11. The predicted molar refractivity (Wildman–Crippen MR) is 104 cm³/mol. The zero-order valence-electron chi connectivity index (χ0n) is 14.8. The summed E-state index contributed by atoms with van der Waals surface area (Å²) in [5.74, 6) is -0.157. The lowest BCUT2D eigenvalue weighted by molar-refractivity contribution is 0.102. The van der Waals surface area contributed by atoms with Crippen LogP contribution in [-0.2, 0) is 0 Å². The SMILES string of the molecule is CCOc1ccccc1NC(=O)c1cc(C(=O)Nc2ccccc2)ccn1. The third-order valence-electron chi connectivity index (χ3n) is 3.72. The molecule has 2 N–H and O–H groups in total. The maximum absolute atomic E-state index is 12.5. The van der Waals surface area contributed by atoms with Crippen molar-refractivity contribution >= 4 is 23.2 Å². The molecule has 0 spiro atoms. The molecule has 2 aromatic carbocycles. The summed E-state index contributed by atoms with van der Waals surface area (Å²) in [5, 5.41) is 5.55. The van der Waals surface area contributed by atoms with Gasteiger partial charge < -0.3 is 15.4 Å². The third kappa shape index (κ3) is 4.70. The monoisotopic (exact) mass is 361 g/mol. The number of benzene rings is 2. The topological polar surface area (TPSA) is 80.3 Å². The van der Waals surface area contributed by atoms with Gasteiger partial charge >= 0.3 is 0 Å². The average Bonchev–Trinajstić information content (AvgIpc) is 2.70. The lowest BCUT2D eigenvalue weighted by Crippen LogP contribution is -2.17. The first-order valence-electron chi connectivity index (χ1n) is 8.53. The smallest absolute Gasteiger partial charge is 0.274 e. The van der Waals surface area contributed by atoms with Gasteiger partial charge in [0.1, 0.15) is 11.4 Å². The molecule has 0 aliphatic carbocycles. The van der Waals surface area contributed by atoms with Crippen LogP contribution in [0.4, 0.5) is 11.4 Å². The Balaban J connectivity index is 1.75. The van der Waals surface area contributed by atoms with E-state index in [1.807, 2.05) is 31.2 Å². The number of ether oxygens (including phenoxy) is 1. The zero-order chi connectivity index (χ0) is 19.1. The van der Waals surface area contributed by atoms with Crippen LogP contribution in [0.1, 0.15) is 27.8 Å². The van der Waals surface area contributed by atoms with Gasteiger partial charge in [-0.3, -0.25) is 14.6 Å². The fraction of sp³-hybridized carbons (Fsp3) is 0.0952. The van der Waals surface area contributed by atoms with Crippen LogP contribution >= 0.6 is 0 Å². The molecular weight excluding hydrogens is 342 g/mol. The third-order valence-corrected chi connectivity index (χ3v) is 3.72. The summed E-state index contributed by atoms with van der Waals surface area (Å²) in [6.07, 6.45) is 1.43. The molecule has 0 saturated carbocycles. The Labute approximate surface area is 157 Å². The van der Waals surface area contributed by atoms with Gasteiger partial charge in [-0.15, -0.1) is 0 Å². The first kappa shape index (κ1) is 18.1. The molecule has 0 aliphatic rings. The minimum absolute atomic E-state index is 0.141. The van der Waals surface area contributed by atoms with Gasteiger partial charge in [0.15, 0.2) is 0 Å². The molecule has 6 heteroatoms. The summed E-state index contributed by atoms with van der Waals surface area (Å²) in [6, 6.07) is 19.3.